The molecule has 7 N–H and O–H groups in total. The minimum absolute atomic E-state index is 0.0244. The predicted molar refractivity (Wildman–Crippen MR) is 119 cm³/mol. The highest BCUT2D eigenvalue weighted by Crippen LogP contribution is 2.19. The molecule has 1 aliphatic rings. The predicted octanol–water partition coefficient (Wildman–Crippen LogP) is -1.69. The lowest BCUT2D eigenvalue weighted by atomic mass is 10.1. The van der Waals surface area contributed by atoms with Crippen LogP contribution in [0.3, 0.4) is 0 Å². The first kappa shape index (κ1) is 27.0. The summed E-state index contributed by atoms with van der Waals surface area (Å²) >= 11 is 5.59. The van der Waals surface area contributed by atoms with Crippen LogP contribution in [0.25, 0.3) is 0 Å². The molecule has 1 fully saturated rings. The van der Waals surface area contributed by atoms with Gasteiger partial charge in [0.15, 0.2) is 0 Å². The van der Waals surface area contributed by atoms with Gasteiger partial charge in [0.1, 0.15) is 18.1 Å². The van der Waals surface area contributed by atoms with E-state index in [-0.39, 0.29) is 25.0 Å². The summed E-state index contributed by atoms with van der Waals surface area (Å²) in [4.78, 5) is 61.5. The number of nitrogens with one attached hydrogen (secondary N) is 2. The number of hydrogen-bond donors (Lipinski definition) is 6. The number of rotatable bonds is 13. The molecular weight excluding hydrogens is 446 g/mol. The molecule has 0 aromatic carbocycles. The van der Waals surface area contributed by atoms with Crippen LogP contribution in [0, 0.1) is 0 Å². The highest BCUT2D eigenvalue weighted by molar-refractivity contribution is 7.98. The number of nitrogens with zero attached hydrogens (tertiary/aromatic N) is 1. The van der Waals surface area contributed by atoms with E-state index in [1.54, 1.807) is 0 Å². The second kappa shape index (κ2) is 13.4. The zero-order valence-corrected chi connectivity index (χ0v) is 19.1. The summed E-state index contributed by atoms with van der Waals surface area (Å²) in [5.74, 6) is -2.85. The summed E-state index contributed by atoms with van der Waals surface area (Å²) in [5.41, 5.74) is 10.8. The fraction of sp³-hybridized carbons (Fsp3) is 0.722. The second-order valence-corrected chi connectivity index (χ2v) is 8.58. The average Bonchev–Trinajstić information content (AvgIpc) is 3.22. The third-order valence-corrected chi connectivity index (χ3v) is 5.91. The van der Waals surface area contributed by atoms with E-state index in [0.29, 0.717) is 25.1 Å². The van der Waals surface area contributed by atoms with Gasteiger partial charge >= 0.3 is 5.97 Å². The number of thiol groups is 1. The Morgan fingerprint density at radius 1 is 1.19 bits per heavy atom. The SMILES string of the molecule is CSCCC(NC(=O)C1CCCN1C(=O)C(CS)NC(=O)C(N)CCC(N)=O)C(=O)O. The minimum atomic E-state index is -1.14. The van der Waals surface area contributed by atoms with Gasteiger partial charge in [0.25, 0.3) is 0 Å². The van der Waals surface area contributed by atoms with Crippen LogP contribution in [0.4, 0.5) is 0 Å². The number of nitrogens with two attached hydrogens (primary N) is 2. The highest BCUT2D eigenvalue weighted by atomic mass is 32.2. The largest absolute Gasteiger partial charge is 0.480 e. The maximum Gasteiger partial charge on any atom is 0.326 e. The van der Waals surface area contributed by atoms with Crippen LogP contribution in [0.5, 0.6) is 0 Å². The van der Waals surface area contributed by atoms with E-state index in [0.717, 1.165) is 0 Å². The van der Waals surface area contributed by atoms with E-state index in [9.17, 15) is 29.1 Å². The van der Waals surface area contributed by atoms with E-state index in [2.05, 4.69) is 23.3 Å². The van der Waals surface area contributed by atoms with Gasteiger partial charge in [-0.05, 0) is 37.7 Å². The Morgan fingerprint density at radius 3 is 2.42 bits per heavy atom. The molecule has 176 valence electrons. The first-order chi connectivity index (χ1) is 14.6. The second-order valence-electron chi connectivity index (χ2n) is 7.23. The molecule has 0 spiro atoms. The lowest BCUT2D eigenvalue weighted by Crippen LogP contribution is -2.57. The molecule has 1 saturated heterocycles. The molecule has 0 bridgehead atoms. The summed E-state index contributed by atoms with van der Waals surface area (Å²) in [6, 6.07) is -3.91. The average molecular weight is 478 g/mol. The Morgan fingerprint density at radius 2 is 1.87 bits per heavy atom. The van der Waals surface area contributed by atoms with Gasteiger partial charge in [0.2, 0.25) is 23.6 Å². The Hall–Kier alpha value is -1.99. The topological polar surface area (TPSA) is 185 Å². The van der Waals surface area contributed by atoms with E-state index in [1.165, 1.54) is 16.7 Å². The number of thioether (sulfide) groups is 1. The maximum absolute atomic E-state index is 13.0. The zero-order chi connectivity index (χ0) is 23.6. The number of carboxylic acids is 1. The number of carbonyl (C=O) groups excluding carboxylic acids is 4. The van der Waals surface area contributed by atoms with Gasteiger partial charge in [-0.15, -0.1) is 0 Å². The quantitative estimate of drug-likeness (QED) is 0.170. The molecule has 4 amide bonds. The van der Waals surface area contributed by atoms with Crippen molar-refractivity contribution in [3.63, 3.8) is 0 Å². The Bertz CT molecular complexity index is 680. The standard InChI is InChI=1S/C18H31N5O6S2/c1-31-8-6-11(18(28)29)21-16(26)13-3-2-7-23(13)17(27)12(9-30)22-15(25)10(19)4-5-14(20)24/h10-13,30H,2-9,19H2,1H3,(H2,20,24)(H,21,26)(H,22,25)(H,28,29). The third kappa shape index (κ3) is 8.57. The fourth-order valence-electron chi connectivity index (χ4n) is 3.16. The molecule has 0 radical (unpaired) electrons. The molecule has 4 atom stereocenters. The molecule has 1 heterocycles. The fourth-order valence-corrected chi connectivity index (χ4v) is 3.88. The molecule has 1 aliphatic heterocycles. The van der Waals surface area contributed by atoms with Crippen molar-refractivity contribution in [1.82, 2.24) is 15.5 Å². The number of carbonyl (C=O) groups is 5. The Kier molecular flexibility index (Phi) is 11.7. The van der Waals surface area contributed by atoms with Crippen LogP contribution < -0.4 is 22.1 Å². The van der Waals surface area contributed by atoms with Crippen LogP contribution in [0.1, 0.15) is 32.1 Å². The first-order valence-corrected chi connectivity index (χ1v) is 11.9. The van der Waals surface area contributed by atoms with Gasteiger partial charge in [-0.2, -0.15) is 24.4 Å². The lowest BCUT2D eigenvalue weighted by Gasteiger charge is -2.29. The number of aliphatic carboxylic acids is 1. The minimum Gasteiger partial charge on any atom is -0.480 e. The van der Waals surface area contributed by atoms with Gasteiger partial charge in [-0.1, -0.05) is 0 Å². The van der Waals surface area contributed by atoms with E-state index < -0.39 is 53.8 Å². The summed E-state index contributed by atoms with van der Waals surface area (Å²) in [5, 5.41) is 14.3. The molecule has 0 aromatic heterocycles. The number of hydrogen-bond acceptors (Lipinski definition) is 8. The van der Waals surface area contributed by atoms with Gasteiger partial charge in [-0.3, -0.25) is 19.2 Å². The summed E-state index contributed by atoms with van der Waals surface area (Å²) < 4.78 is 0. The van der Waals surface area contributed by atoms with Gasteiger partial charge in [-0.25, -0.2) is 4.79 Å². The van der Waals surface area contributed by atoms with E-state index in [1.807, 2.05) is 6.26 Å². The van der Waals surface area contributed by atoms with Crippen molar-refractivity contribution >= 4 is 54.0 Å². The Balaban J connectivity index is 2.77. The Labute approximate surface area is 190 Å². The lowest BCUT2D eigenvalue weighted by molar-refractivity contribution is -0.144. The van der Waals surface area contributed by atoms with Crippen LogP contribution in [0.15, 0.2) is 0 Å². The highest BCUT2D eigenvalue weighted by Gasteiger charge is 2.38. The summed E-state index contributed by atoms with van der Waals surface area (Å²) in [7, 11) is 0. The molecule has 0 aromatic rings. The van der Waals surface area contributed by atoms with Crippen molar-refractivity contribution in [2.75, 3.05) is 24.3 Å². The normalized spacial score (nSPS) is 18.7. The van der Waals surface area contributed by atoms with Crippen molar-refractivity contribution in [1.29, 1.82) is 0 Å². The molecular formula is C18H31N5O6S2. The van der Waals surface area contributed by atoms with Gasteiger partial charge in [0.05, 0.1) is 6.04 Å². The maximum atomic E-state index is 13.0. The van der Waals surface area contributed by atoms with Crippen LogP contribution >= 0.6 is 24.4 Å². The number of primary amides is 1. The molecule has 1 rings (SSSR count). The third-order valence-electron chi connectivity index (χ3n) is 4.90. The summed E-state index contributed by atoms with van der Waals surface area (Å²) in [6.45, 7) is 0.299. The van der Waals surface area contributed by atoms with Crippen LogP contribution in [-0.2, 0) is 24.0 Å². The van der Waals surface area contributed by atoms with Crippen molar-refractivity contribution in [2.24, 2.45) is 11.5 Å². The molecule has 13 heteroatoms. The van der Waals surface area contributed by atoms with Crippen molar-refractivity contribution < 1.29 is 29.1 Å². The van der Waals surface area contributed by atoms with Gasteiger partial charge < -0.3 is 32.1 Å². The monoisotopic (exact) mass is 477 g/mol. The number of carboxylic acid groups (broad SMARTS) is 1. The zero-order valence-electron chi connectivity index (χ0n) is 17.4. The van der Waals surface area contributed by atoms with Crippen LogP contribution in [-0.4, -0.2) is 88.1 Å². The molecule has 0 saturated carbocycles. The molecule has 31 heavy (non-hydrogen) atoms. The number of likely N-dealkylation sites (tertiary alicyclic amines) is 1. The molecule has 0 aliphatic carbocycles. The summed E-state index contributed by atoms with van der Waals surface area (Å²) in [6.07, 6.45) is 3.03. The van der Waals surface area contributed by atoms with E-state index >= 15 is 0 Å². The van der Waals surface area contributed by atoms with Crippen molar-refractivity contribution in [2.45, 2.75) is 56.3 Å². The van der Waals surface area contributed by atoms with Crippen molar-refractivity contribution in [3.05, 3.63) is 0 Å². The first-order valence-electron chi connectivity index (χ1n) is 9.90. The molecule has 4 unspecified atom stereocenters. The van der Waals surface area contributed by atoms with E-state index in [4.69, 9.17) is 11.5 Å². The van der Waals surface area contributed by atoms with Crippen LogP contribution in [0.2, 0.25) is 0 Å². The smallest absolute Gasteiger partial charge is 0.326 e. The van der Waals surface area contributed by atoms with Gasteiger partial charge in [0, 0.05) is 18.7 Å². The van der Waals surface area contributed by atoms with Crippen molar-refractivity contribution in [3.8, 4) is 0 Å². The molecule has 11 nitrogen and oxygen atoms in total. The number of amides is 4.